The highest BCUT2D eigenvalue weighted by atomic mass is 16.2. The summed E-state index contributed by atoms with van der Waals surface area (Å²) in [5, 5.41) is 2.87. The highest BCUT2D eigenvalue weighted by Crippen LogP contribution is 2.28. The standard InChI is InChI=1S/C24H27N3O3/c1-15-3-5-17(6-4-15)22(28)18-9-11-27(12-10-18)24(30)20-8-7-19(14-25-20)21-16(2)13-26-23(21)29/h3-8,14,16,18,21H,9-13H2,1-2H3,(H,26,29)/t16?,21-/m1/s1. The molecule has 2 aromatic rings. The number of nitrogens with zero attached hydrogens (tertiary/aromatic N) is 2. The van der Waals surface area contributed by atoms with Gasteiger partial charge in [-0.2, -0.15) is 0 Å². The van der Waals surface area contributed by atoms with Gasteiger partial charge in [0.1, 0.15) is 5.69 Å². The van der Waals surface area contributed by atoms with Crippen molar-refractivity contribution >= 4 is 17.6 Å². The van der Waals surface area contributed by atoms with Crippen molar-refractivity contribution in [2.75, 3.05) is 19.6 Å². The lowest BCUT2D eigenvalue weighted by Crippen LogP contribution is -2.40. The Hall–Kier alpha value is -3.02. The van der Waals surface area contributed by atoms with Crippen LogP contribution in [0, 0.1) is 18.8 Å². The number of aromatic nitrogens is 1. The summed E-state index contributed by atoms with van der Waals surface area (Å²) in [5.41, 5.74) is 3.10. The summed E-state index contributed by atoms with van der Waals surface area (Å²) in [6.07, 6.45) is 2.97. The van der Waals surface area contributed by atoms with E-state index in [2.05, 4.69) is 10.3 Å². The molecule has 1 unspecified atom stereocenters. The van der Waals surface area contributed by atoms with Gasteiger partial charge in [-0.1, -0.05) is 42.8 Å². The lowest BCUT2D eigenvalue weighted by Gasteiger charge is -2.31. The van der Waals surface area contributed by atoms with E-state index >= 15 is 0 Å². The molecule has 0 radical (unpaired) electrons. The number of hydrogen-bond donors (Lipinski definition) is 1. The fraction of sp³-hybridized carbons (Fsp3) is 0.417. The number of benzene rings is 1. The van der Waals surface area contributed by atoms with Crippen molar-refractivity contribution < 1.29 is 14.4 Å². The third-order valence-electron chi connectivity index (χ3n) is 6.30. The molecule has 0 spiro atoms. The Labute approximate surface area is 176 Å². The molecule has 1 aromatic carbocycles. The number of amides is 2. The maximum atomic E-state index is 12.8. The van der Waals surface area contributed by atoms with Crippen molar-refractivity contribution in [2.24, 2.45) is 11.8 Å². The zero-order chi connectivity index (χ0) is 21.3. The first-order valence-electron chi connectivity index (χ1n) is 10.6. The second-order valence-electron chi connectivity index (χ2n) is 8.47. The third-order valence-corrected chi connectivity index (χ3v) is 6.30. The molecule has 156 valence electrons. The van der Waals surface area contributed by atoms with E-state index < -0.39 is 0 Å². The smallest absolute Gasteiger partial charge is 0.272 e. The van der Waals surface area contributed by atoms with E-state index in [1.807, 2.05) is 44.2 Å². The monoisotopic (exact) mass is 405 g/mol. The Morgan fingerprint density at radius 1 is 1.07 bits per heavy atom. The minimum atomic E-state index is -0.204. The minimum Gasteiger partial charge on any atom is -0.355 e. The van der Waals surface area contributed by atoms with Crippen molar-refractivity contribution in [2.45, 2.75) is 32.6 Å². The summed E-state index contributed by atoms with van der Waals surface area (Å²) < 4.78 is 0. The van der Waals surface area contributed by atoms with Gasteiger partial charge in [0.15, 0.2) is 5.78 Å². The number of aryl methyl sites for hydroxylation is 1. The number of carbonyl (C=O) groups excluding carboxylic acids is 3. The van der Waals surface area contributed by atoms with Crippen LogP contribution < -0.4 is 5.32 Å². The predicted octanol–water partition coefficient (Wildman–Crippen LogP) is 2.97. The highest BCUT2D eigenvalue weighted by molar-refractivity contribution is 5.98. The zero-order valence-corrected chi connectivity index (χ0v) is 17.4. The first-order chi connectivity index (χ1) is 14.4. The van der Waals surface area contributed by atoms with E-state index in [1.165, 1.54) is 0 Å². The van der Waals surface area contributed by atoms with Gasteiger partial charge < -0.3 is 10.2 Å². The first kappa shape index (κ1) is 20.3. The van der Waals surface area contributed by atoms with Crippen LogP contribution in [0.4, 0.5) is 0 Å². The fourth-order valence-electron chi connectivity index (χ4n) is 4.40. The van der Waals surface area contributed by atoms with Crippen LogP contribution in [0.25, 0.3) is 0 Å². The van der Waals surface area contributed by atoms with E-state index in [4.69, 9.17) is 0 Å². The second-order valence-corrected chi connectivity index (χ2v) is 8.47. The van der Waals surface area contributed by atoms with Crippen molar-refractivity contribution in [3.8, 4) is 0 Å². The number of carbonyl (C=O) groups is 3. The van der Waals surface area contributed by atoms with E-state index in [0.717, 1.165) is 16.7 Å². The molecule has 1 N–H and O–H groups in total. The number of rotatable bonds is 4. The molecule has 2 amide bonds. The van der Waals surface area contributed by atoms with Crippen LogP contribution in [-0.2, 0) is 4.79 Å². The molecule has 3 heterocycles. The number of hydrogen-bond acceptors (Lipinski definition) is 4. The summed E-state index contributed by atoms with van der Waals surface area (Å²) in [4.78, 5) is 43.7. The molecule has 0 saturated carbocycles. The van der Waals surface area contributed by atoms with Crippen molar-refractivity contribution in [3.63, 3.8) is 0 Å². The molecule has 2 aliphatic rings. The van der Waals surface area contributed by atoms with Crippen molar-refractivity contribution in [1.82, 2.24) is 15.2 Å². The number of nitrogens with one attached hydrogen (secondary N) is 1. The Bertz CT molecular complexity index is 945. The number of likely N-dealkylation sites (tertiary alicyclic amines) is 1. The van der Waals surface area contributed by atoms with E-state index in [0.29, 0.717) is 38.2 Å². The fourth-order valence-corrected chi connectivity index (χ4v) is 4.40. The molecule has 0 aliphatic carbocycles. The van der Waals surface area contributed by atoms with Gasteiger partial charge in [-0.25, -0.2) is 0 Å². The lowest BCUT2D eigenvalue weighted by molar-refractivity contribution is -0.120. The van der Waals surface area contributed by atoms with E-state index in [-0.39, 0.29) is 35.4 Å². The molecule has 6 heteroatoms. The Morgan fingerprint density at radius 3 is 2.33 bits per heavy atom. The third kappa shape index (κ3) is 3.99. The highest BCUT2D eigenvalue weighted by Gasteiger charge is 2.33. The largest absolute Gasteiger partial charge is 0.355 e. The predicted molar refractivity (Wildman–Crippen MR) is 113 cm³/mol. The van der Waals surface area contributed by atoms with Crippen LogP contribution in [-0.4, -0.2) is 47.1 Å². The molecule has 0 bridgehead atoms. The van der Waals surface area contributed by atoms with Gasteiger partial charge in [-0.3, -0.25) is 19.4 Å². The van der Waals surface area contributed by atoms with Gasteiger partial charge in [0.25, 0.3) is 5.91 Å². The molecule has 2 saturated heterocycles. The first-order valence-corrected chi connectivity index (χ1v) is 10.6. The molecule has 4 rings (SSSR count). The number of pyridine rings is 1. The molecule has 2 fully saturated rings. The molecular formula is C24H27N3O3. The number of ketones is 1. The SMILES string of the molecule is Cc1ccc(C(=O)C2CCN(C(=O)c3ccc([C@@H]4C(=O)NCC4C)cn3)CC2)cc1. The van der Waals surface area contributed by atoms with Crippen LogP contribution in [0.3, 0.4) is 0 Å². The maximum Gasteiger partial charge on any atom is 0.272 e. The quantitative estimate of drug-likeness (QED) is 0.793. The molecule has 6 nitrogen and oxygen atoms in total. The molecule has 1 aromatic heterocycles. The van der Waals surface area contributed by atoms with Crippen LogP contribution in [0.15, 0.2) is 42.6 Å². The summed E-state index contributed by atoms with van der Waals surface area (Å²) in [6, 6.07) is 11.2. The molecular weight excluding hydrogens is 378 g/mol. The normalized spacial score (nSPS) is 22.1. The van der Waals surface area contributed by atoms with Crippen molar-refractivity contribution in [1.29, 1.82) is 0 Å². The summed E-state index contributed by atoms with van der Waals surface area (Å²) in [5.74, 6) is 0.0227. The van der Waals surface area contributed by atoms with E-state index in [1.54, 1.807) is 17.2 Å². The van der Waals surface area contributed by atoms with Gasteiger partial charge >= 0.3 is 0 Å². The van der Waals surface area contributed by atoms with Gasteiger partial charge in [0, 0.05) is 37.3 Å². The molecule has 2 aliphatic heterocycles. The van der Waals surface area contributed by atoms with Gasteiger partial charge in [0.2, 0.25) is 5.91 Å². The average Bonchev–Trinajstić information content (AvgIpc) is 3.11. The van der Waals surface area contributed by atoms with Crippen LogP contribution in [0.1, 0.15) is 57.7 Å². The number of Topliss-reactive ketones (excluding diaryl/α,β-unsaturated/α-hetero) is 1. The summed E-state index contributed by atoms with van der Waals surface area (Å²) in [6.45, 7) is 5.80. The van der Waals surface area contributed by atoms with Gasteiger partial charge in [0.05, 0.1) is 5.92 Å². The zero-order valence-electron chi connectivity index (χ0n) is 17.4. The average molecular weight is 405 g/mol. The molecule has 30 heavy (non-hydrogen) atoms. The summed E-state index contributed by atoms with van der Waals surface area (Å²) in [7, 11) is 0. The van der Waals surface area contributed by atoms with Crippen molar-refractivity contribution in [3.05, 3.63) is 65.0 Å². The molecule has 2 atom stereocenters. The number of piperidine rings is 1. The lowest BCUT2D eigenvalue weighted by atomic mass is 9.88. The van der Waals surface area contributed by atoms with Gasteiger partial charge in [-0.05, 0) is 37.3 Å². The summed E-state index contributed by atoms with van der Waals surface area (Å²) >= 11 is 0. The minimum absolute atomic E-state index is 0.0173. The van der Waals surface area contributed by atoms with Crippen LogP contribution in [0.2, 0.25) is 0 Å². The van der Waals surface area contributed by atoms with E-state index in [9.17, 15) is 14.4 Å². The Kier molecular flexibility index (Phi) is 5.66. The van der Waals surface area contributed by atoms with Crippen LogP contribution >= 0.6 is 0 Å². The topological polar surface area (TPSA) is 79.4 Å². The van der Waals surface area contributed by atoms with Crippen LogP contribution in [0.5, 0.6) is 0 Å². The Morgan fingerprint density at radius 2 is 1.77 bits per heavy atom. The second kappa shape index (κ2) is 8.38. The van der Waals surface area contributed by atoms with Gasteiger partial charge in [-0.15, -0.1) is 0 Å². The Balaban J connectivity index is 1.36. The maximum absolute atomic E-state index is 12.8.